The highest BCUT2D eigenvalue weighted by atomic mass is 127. The van der Waals surface area contributed by atoms with Crippen LogP contribution in [0.3, 0.4) is 0 Å². The fraction of sp³-hybridized carbons (Fsp3) is 0.375. The molecular formula is C8H7BrF2INO. The number of ether oxygens (including phenoxy) is 1. The Bertz CT molecular complexity index is 335. The molecule has 1 rings (SSSR count). The summed E-state index contributed by atoms with van der Waals surface area (Å²) in [5.74, 6) is 0.164. The first-order valence-electron chi connectivity index (χ1n) is 3.67. The van der Waals surface area contributed by atoms with Gasteiger partial charge in [-0.2, -0.15) is 0 Å². The van der Waals surface area contributed by atoms with E-state index in [1.54, 1.807) is 0 Å². The Morgan fingerprint density at radius 2 is 2.29 bits per heavy atom. The van der Waals surface area contributed by atoms with E-state index in [0.29, 0.717) is 8.90 Å². The lowest BCUT2D eigenvalue weighted by Crippen LogP contribution is -2.01. The molecule has 0 fully saturated rings. The fourth-order valence-corrected chi connectivity index (χ4v) is 2.74. The van der Waals surface area contributed by atoms with Crippen LogP contribution in [-0.2, 0) is 5.33 Å². The van der Waals surface area contributed by atoms with Crippen LogP contribution in [0, 0.1) is 3.57 Å². The maximum atomic E-state index is 12.5. The summed E-state index contributed by atoms with van der Waals surface area (Å²) in [5.41, 5.74) is 0.536. The van der Waals surface area contributed by atoms with Gasteiger partial charge < -0.3 is 4.74 Å². The van der Waals surface area contributed by atoms with Gasteiger partial charge in [0.1, 0.15) is 5.69 Å². The van der Waals surface area contributed by atoms with E-state index in [0.717, 1.165) is 5.56 Å². The molecule has 14 heavy (non-hydrogen) atoms. The topological polar surface area (TPSA) is 22.1 Å². The molecule has 0 aliphatic carbocycles. The molecule has 0 bridgehead atoms. The molecule has 0 N–H and O–H groups in total. The van der Waals surface area contributed by atoms with Crippen LogP contribution in [0.15, 0.2) is 6.20 Å². The van der Waals surface area contributed by atoms with Crippen LogP contribution < -0.4 is 4.74 Å². The molecule has 0 aromatic carbocycles. The Kier molecular flexibility index (Phi) is 4.49. The highest BCUT2D eigenvalue weighted by molar-refractivity contribution is 14.1. The summed E-state index contributed by atoms with van der Waals surface area (Å²) in [6.07, 6.45) is -1.18. The van der Waals surface area contributed by atoms with Gasteiger partial charge in [-0.25, -0.2) is 8.78 Å². The van der Waals surface area contributed by atoms with Crippen molar-refractivity contribution < 1.29 is 13.5 Å². The van der Waals surface area contributed by atoms with Gasteiger partial charge in [0.25, 0.3) is 6.43 Å². The number of hydrogen-bond acceptors (Lipinski definition) is 2. The number of nitrogens with zero attached hydrogens (tertiary/aromatic N) is 1. The van der Waals surface area contributed by atoms with Crippen LogP contribution in [0.5, 0.6) is 5.75 Å². The maximum Gasteiger partial charge on any atom is 0.284 e. The summed E-state index contributed by atoms with van der Waals surface area (Å²) in [6.45, 7) is 0. The predicted octanol–water partition coefficient (Wildman–Crippen LogP) is 3.53. The van der Waals surface area contributed by atoms with Gasteiger partial charge in [-0.3, -0.25) is 4.98 Å². The van der Waals surface area contributed by atoms with E-state index in [1.165, 1.54) is 13.3 Å². The van der Waals surface area contributed by atoms with E-state index >= 15 is 0 Å². The van der Waals surface area contributed by atoms with Gasteiger partial charge >= 0.3 is 0 Å². The number of rotatable bonds is 3. The van der Waals surface area contributed by atoms with Crippen molar-refractivity contribution in [3.05, 3.63) is 21.0 Å². The summed E-state index contributed by atoms with van der Waals surface area (Å²) >= 11 is 5.22. The minimum absolute atomic E-state index is 0.164. The third-order valence-corrected chi connectivity index (χ3v) is 3.41. The third kappa shape index (κ3) is 2.33. The first-order chi connectivity index (χ1) is 6.61. The van der Waals surface area contributed by atoms with Crippen molar-refractivity contribution in [2.45, 2.75) is 11.8 Å². The number of hydrogen-bond donors (Lipinski definition) is 0. The molecule has 0 aliphatic heterocycles. The van der Waals surface area contributed by atoms with Crippen molar-refractivity contribution in [1.82, 2.24) is 4.98 Å². The number of pyridine rings is 1. The Labute approximate surface area is 102 Å². The van der Waals surface area contributed by atoms with E-state index in [-0.39, 0.29) is 11.4 Å². The second-order valence-electron chi connectivity index (χ2n) is 2.45. The van der Waals surface area contributed by atoms with Gasteiger partial charge in [-0.1, -0.05) is 15.9 Å². The number of halogens is 4. The van der Waals surface area contributed by atoms with Crippen molar-refractivity contribution in [3.63, 3.8) is 0 Å². The normalized spacial score (nSPS) is 10.7. The van der Waals surface area contributed by atoms with Crippen molar-refractivity contribution in [2.24, 2.45) is 0 Å². The van der Waals surface area contributed by atoms with Crippen LogP contribution in [0.25, 0.3) is 0 Å². The highest BCUT2D eigenvalue weighted by Crippen LogP contribution is 2.33. The van der Waals surface area contributed by atoms with Crippen LogP contribution in [0.4, 0.5) is 8.78 Å². The molecule has 0 radical (unpaired) electrons. The minimum Gasteiger partial charge on any atom is -0.493 e. The van der Waals surface area contributed by atoms with Gasteiger partial charge in [-0.15, -0.1) is 0 Å². The molecule has 0 spiro atoms. The molecule has 2 nitrogen and oxygen atoms in total. The Morgan fingerprint density at radius 3 is 2.71 bits per heavy atom. The molecule has 78 valence electrons. The van der Waals surface area contributed by atoms with E-state index in [9.17, 15) is 8.78 Å². The zero-order valence-electron chi connectivity index (χ0n) is 7.23. The van der Waals surface area contributed by atoms with Crippen molar-refractivity contribution >= 4 is 38.5 Å². The average molecular weight is 378 g/mol. The number of alkyl halides is 3. The van der Waals surface area contributed by atoms with E-state index in [2.05, 4.69) is 20.9 Å². The van der Waals surface area contributed by atoms with E-state index in [4.69, 9.17) is 4.74 Å². The molecule has 1 aromatic heterocycles. The van der Waals surface area contributed by atoms with Crippen LogP contribution >= 0.6 is 38.5 Å². The molecule has 0 saturated carbocycles. The summed E-state index contributed by atoms with van der Waals surface area (Å²) < 4.78 is 30.5. The quantitative estimate of drug-likeness (QED) is 0.594. The number of methoxy groups -OCH3 is 1. The van der Waals surface area contributed by atoms with Crippen LogP contribution in [0.1, 0.15) is 17.7 Å². The van der Waals surface area contributed by atoms with Crippen molar-refractivity contribution in [1.29, 1.82) is 0 Å². The van der Waals surface area contributed by atoms with Gasteiger partial charge in [0.05, 0.1) is 10.7 Å². The average Bonchev–Trinajstić information content (AvgIpc) is 2.17. The molecule has 0 unspecified atom stereocenters. The Balaban J connectivity index is 3.28. The summed E-state index contributed by atoms with van der Waals surface area (Å²) in [6, 6.07) is 0. The number of aromatic nitrogens is 1. The van der Waals surface area contributed by atoms with Crippen LogP contribution in [0.2, 0.25) is 0 Å². The maximum absolute atomic E-state index is 12.5. The summed E-state index contributed by atoms with van der Waals surface area (Å²) in [5, 5.41) is 0.568. The standard InChI is InChI=1S/C8H7BrF2INO/c1-14-7-5(12)4(2-9)3-13-6(7)8(10)11/h3,8H,2H2,1H3. The zero-order valence-corrected chi connectivity index (χ0v) is 11.0. The molecule has 0 amide bonds. The first-order valence-corrected chi connectivity index (χ1v) is 5.87. The lowest BCUT2D eigenvalue weighted by molar-refractivity contribution is 0.141. The monoisotopic (exact) mass is 377 g/mol. The fourth-order valence-electron chi connectivity index (χ4n) is 0.964. The van der Waals surface area contributed by atoms with Crippen LogP contribution in [-0.4, -0.2) is 12.1 Å². The van der Waals surface area contributed by atoms with E-state index in [1.807, 2.05) is 22.6 Å². The van der Waals surface area contributed by atoms with Crippen molar-refractivity contribution in [3.8, 4) is 5.75 Å². The minimum atomic E-state index is -2.61. The molecule has 1 aromatic rings. The van der Waals surface area contributed by atoms with E-state index < -0.39 is 6.43 Å². The zero-order chi connectivity index (χ0) is 10.7. The second kappa shape index (κ2) is 5.20. The van der Waals surface area contributed by atoms with Gasteiger partial charge in [0.15, 0.2) is 5.75 Å². The van der Waals surface area contributed by atoms with Gasteiger partial charge in [0, 0.05) is 11.5 Å². The second-order valence-corrected chi connectivity index (χ2v) is 4.09. The van der Waals surface area contributed by atoms with Gasteiger partial charge in [-0.05, 0) is 28.2 Å². The highest BCUT2D eigenvalue weighted by Gasteiger charge is 2.19. The predicted molar refractivity (Wildman–Crippen MR) is 61.1 cm³/mol. The summed E-state index contributed by atoms with van der Waals surface area (Å²) in [7, 11) is 1.36. The molecule has 0 saturated heterocycles. The summed E-state index contributed by atoms with van der Waals surface area (Å²) in [4.78, 5) is 3.67. The largest absolute Gasteiger partial charge is 0.493 e. The molecule has 6 heteroatoms. The smallest absolute Gasteiger partial charge is 0.284 e. The molecule has 0 aliphatic rings. The third-order valence-electron chi connectivity index (χ3n) is 1.63. The molecule has 1 heterocycles. The molecule has 0 atom stereocenters. The van der Waals surface area contributed by atoms with Gasteiger partial charge in [0.2, 0.25) is 0 Å². The molecular weight excluding hydrogens is 371 g/mol. The van der Waals surface area contributed by atoms with Crippen molar-refractivity contribution in [2.75, 3.05) is 7.11 Å². The Hall–Kier alpha value is 0.0200. The lowest BCUT2D eigenvalue weighted by Gasteiger charge is -2.11. The first kappa shape index (κ1) is 12.1. The lowest BCUT2D eigenvalue weighted by atomic mass is 10.2. The Morgan fingerprint density at radius 1 is 1.64 bits per heavy atom. The SMILES string of the molecule is COc1c(C(F)F)ncc(CBr)c1I.